The average Bonchev–Trinajstić information content (AvgIpc) is 2.91. The van der Waals surface area contributed by atoms with E-state index in [9.17, 15) is 8.42 Å². The van der Waals surface area contributed by atoms with Crippen LogP contribution in [0, 0.1) is 0 Å². The lowest BCUT2D eigenvalue weighted by molar-refractivity contribution is 0.582. The molecule has 0 bridgehead atoms. The monoisotopic (exact) mass is 333 g/mol. The zero-order valence-corrected chi connectivity index (χ0v) is 13.6. The van der Waals surface area contributed by atoms with Crippen LogP contribution < -0.4 is 9.63 Å². The van der Waals surface area contributed by atoms with Crippen molar-refractivity contribution >= 4 is 31.6 Å². The van der Waals surface area contributed by atoms with Crippen molar-refractivity contribution < 1.29 is 8.42 Å². The molecule has 0 spiro atoms. The van der Waals surface area contributed by atoms with Gasteiger partial charge < -0.3 is 4.57 Å². The first kappa shape index (κ1) is 14.8. The fourth-order valence-corrected chi connectivity index (χ4v) is 4.10. The Hall–Kier alpha value is -2.12. The normalized spacial score (nSPS) is 12.7. The van der Waals surface area contributed by atoms with Crippen LogP contribution in [0.4, 0.5) is 0 Å². The van der Waals surface area contributed by atoms with Crippen LogP contribution in [0.5, 0.6) is 0 Å². The number of nitrogens with zero attached hydrogens (tertiary/aromatic N) is 2. The van der Waals surface area contributed by atoms with Gasteiger partial charge in [0.15, 0.2) is 0 Å². The summed E-state index contributed by atoms with van der Waals surface area (Å²) in [6.45, 7) is 2.72. The van der Waals surface area contributed by atoms with Crippen LogP contribution in [-0.2, 0) is 16.6 Å². The number of aryl methyl sites for hydroxylation is 1. The number of fused-ring (bicyclic) bond motifs is 1. The van der Waals surface area contributed by atoms with Gasteiger partial charge in [0.25, 0.3) is 10.0 Å². The minimum atomic E-state index is -3.64. The van der Waals surface area contributed by atoms with Crippen LogP contribution in [0.2, 0.25) is 0 Å². The van der Waals surface area contributed by atoms with Crippen molar-refractivity contribution in [3.8, 4) is 0 Å². The van der Waals surface area contributed by atoms with Crippen LogP contribution in [0.3, 0.4) is 0 Å². The largest absolute Gasteiger partial charge is 0.315 e. The predicted molar refractivity (Wildman–Crippen MR) is 87.8 cm³/mol. The molecule has 0 atom stereocenters. The van der Waals surface area contributed by atoms with Gasteiger partial charge >= 0.3 is 0 Å². The molecule has 0 unspecified atom stereocenters. The summed E-state index contributed by atoms with van der Waals surface area (Å²) in [7, 11) is -3.64. The van der Waals surface area contributed by atoms with Gasteiger partial charge in [-0.3, -0.25) is 0 Å². The van der Waals surface area contributed by atoms with Crippen LogP contribution in [0.15, 0.2) is 64.6 Å². The molecule has 0 aliphatic heterocycles. The van der Waals surface area contributed by atoms with Gasteiger partial charge in [-0.15, -0.1) is 5.10 Å². The first-order chi connectivity index (χ1) is 10.6. The number of benzene rings is 2. The molecule has 114 valence electrons. The summed E-state index contributed by atoms with van der Waals surface area (Å²) in [6, 6.07) is 16.1. The molecule has 5 nitrogen and oxygen atoms in total. The average molecular weight is 333 g/mol. The van der Waals surface area contributed by atoms with Crippen molar-refractivity contribution in [2.45, 2.75) is 18.4 Å². The molecular formula is C15H15N3O2S2. The number of thiazole rings is 1. The number of rotatable bonds is 4. The van der Waals surface area contributed by atoms with E-state index in [1.165, 1.54) is 23.5 Å². The van der Waals surface area contributed by atoms with E-state index in [2.05, 4.69) is 9.93 Å². The van der Waals surface area contributed by atoms with Gasteiger partial charge in [-0.25, -0.2) is 0 Å². The third kappa shape index (κ3) is 2.77. The van der Waals surface area contributed by atoms with Gasteiger partial charge in [0.05, 0.1) is 15.1 Å². The zero-order chi connectivity index (χ0) is 15.6. The van der Waals surface area contributed by atoms with E-state index >= 15 is 0 Å². The summed E-state index contributed by atoms with van der Waals surface area (Å²) in [5.41, 5.74) is 1.05. The van der Waals surface area contributed by atoms with Gasteiger partial charge in [-0.1, -0.05) is 41.7 Å². The van der Waals surface area contributed by atoms with E-state index in [1.54, 1.807) is 18.2 Å². The Bertz CT molecular complexity index is 957. The van der Waals surface area contributed by atoms with E-state index in [0.29, 0.717) is 4.80 Å². The van der Waals surface area contributed by atoms with Crippen molar-refractivity contribution in [2.24, 2.45) is 5.10 Å². The maximum absolute atomic E-state index is 12.2. The van der Waals surface area contributed by atoms with Crippen LogP contribution in [0.1, 0.15) is 6.92 Å². The lowest BCUT2D eigenvalue weighted by Gasteiger charge is -2.03. The molecule has 3 aromatic rings. The van der Waals surface area contributed by atoms with Crippen molar-refractivity contribution in [3.63, 3.8) is 0 Å². The maximum Gasteiger partial charge on any atom is 0.276 e. The quantitative estimate of drug-likeness (QED) is 0.746. The predicted octanol–water partition coefficient (Wildman–Crippen LogP) is 2.52. The molecule has 1 aromatic heterocycles. The Kier molecular flexibility index (Phi) is 4.00. The minimum absolute atomic E-state index is 0.197. The second kappa shape index (κ2) is 5.94. The van der Waals surface area contributed by atoms with E-state index in [-0.39, 0.29) is 4.90 Å². The summed E-state index contributed by atoms with van der Waals surface area (Å²) < 4.78 is 27.5. The highest BCUT2D eigenvalue weighted by atomic mass is 32.2. The molecule has 0 saturated heterocycles. The Labute approximate surface area is 132 Å². The summed E-state index contributed by atoms with van der Waals surface area (Å²) >= 11 is 1.45. The molecule has 1 N–H and O–H groups in total. The summed E-state index contributed by atoms with van der Waals surface area (Å²) in [5.74, 6) is 0. The van der Waals surface area contributed by atoms with E-state index in [0.717, 1.165) is 16.8 Å². The third-order valence-electron chi connectivity index (χ3n) is 3.22. The molecule has 7 heteroatoms. The van der Waals surface area contributed by atoms with Gasteiger partial charge in [0, 0.05) is 6.54 Å². The van der Waals surface area contributed by atoms with Gasteiger partial charge in [-0.2, -0.15) is 13.2 Å². The summed E-state index contributed by atoms with van der Waals surface area (Å²) in [5, 5.41) is 4.11. The molecule has 0 fully saturated rings. The highest BCUT2D eigenvalue weighted by molar-refractivity contribution is 7.89. The Morgan fingerprint density at radius 3 is 2.50 bits per heavy atom. The highest BCUT2D eigenvalue weighted by Gasteiger charge is 2.12. The zero-order valence-electron chi connectivity index (χ0n) is 11.9. The fraction of sp³-hybridized carbons (Fsp3) is 0.133. The first-order valence-corrected chi connectivity index (χ1v) is 9.11. The van der Waals surface area contributed by atoms with E-state index in [4.69, 9.17) is 0 Å². The van der Waals surface area contributed by atoms with Gasteiger partial charge in [-0.05, 0) is 31.2 Å². The fourth-order valence-electron chi connectivity index (χ4n) is 2.16. The Balaban J connectivity index is 2.03. The lowest BCUT2D eigenvalue weighted by atomic mass is 10.3. The molecule has 0 amide bonds. The number of aromatic nitrogens is 1. The van der Waals surface area contributed by atoms with Crippen molar-refractivity contribution in [1.82, 2.24) is 9.40 Å². The summed E-state index contributed by atoms with van der Waals surface area (Å²) in [4.78, 5) is 3.14. The minimum Gasteiger partial charge on any atom is -0.315 e. The lowest BCUT2D eigenvalue weighted by Crippen LogP contribution is -2.24. The van der Waals surface area contributed by atoms with E-state index in [1.807, 2.05) is 35.8 Å². The van der Waals surface area contributed by atoms with Crippen LogP contribution in [-0.4, -0.2) is 13.0 Å². The molecule has 0 saturated carbocycles. The molecule has 0 aliphatic carbocycles. The molecular weight excluding hydrogens is 318 g/mol. The van der Waals surface area contributed by atoms with Crippen molar-refractivity contribution in [1.29, 1.82) is 0 Å². The topological polar surface area (TPSA) is 63.5 Å². The van der Waals surface area contributed by atoms with Crippen molar-refractivity contribution in [2.75, 3.05) is 0 Å². The number of para-hydroxylation sites is 1. The molecule has 1 heterocycles. The second-order valence-electron chi connectivity index (χ2n) is 4.62. The summed E-state index contributed by atoms with van der Waals surface area (Å²) in [6.07, 6.45) is 0. The molecule has 0 aliphatic rings. The number of sulfonamides is 1. The highest BCUT2D eigenvalue weighted by Crippen LogP contribution is 2.16. The Morgan fingerprint density at radius 1 is 1.09 bits per heavy atom. The standard InChI is InChI=1S/C15H15N3O2S2/c1-2-18-13-10-6-7-11-14(13)21-15(18)16-17-22(19,20)12-8-4-3-5-9-12/h3-11,17H,2H2,1H3. The smallest absolute Gasteiger partial charge is 0.276 e. The Morgan fingerprint density at radius 2 is 1.77 bits per heavy atom. The second-order valence-corrected chi connectivity index (χ2v) is 7.29. The maximum atomic E-state index is 12.2. The number of hydrogen-bond acceptors (Lipinski definition) is 4. The molecule has 2 aromatic carbocycles. The van der Waals surface area contributed by atoms with Crippen LogP contribution >= 0.6 is 11.3 Å². The van der Waals surface area contributed by atoms with Gasteiger partial charge in [0.2, 0.25) is 4.80 Å². The van der Waals surface area contributed by atoms with Crippen molar-refractivity contribution in [3.05, 3.63) is 59.4 Å². The SMILES string of the molecule is CCn1c(=NNS(=O)(=O)c2ccccc2)sc2ccccc21. The molecule has 3 rings (SSSR count). The first-order valence-electron chi connectivity index (χ1n) is 6.81. The molecule has 22 heavy (non-hydrogen) atoms. The van der Waals surface area contributed by atoms with Crippen LogP contribution in [0.25, 0.3) is 10.2 Å². The number of nitrogens with one attached hydrogen (secondary N) is 1. The molecule has 0 radical (unpaired) electrons. The number of hydrogen-bond donors (Lipinski definition) is 1. The van der Waals surface area contributed by atoms with Gasteiger partial charge in [0.1, 0.15) is 0 Å². The van der Waals surface area contributed by atoms with E-state index < -0.39 is 10.0 Å². The third-order valence-corrected chi connectivity index (χ3v) is 5.50.